The summed E-state index contributed by atoms with van der Waals surface area (Å²) in [4.78, 5) is 5.28. The lowest BCUT2D eigenvalue weighted by molar-refractivity contribution is -0.208. The summed E-state index contributed by atoms with van der Waals surface area (Å²) in [5.74, 6) is 0. The molecular weight excluding hydrogens is 295 g/mol. The van der Waals surface area contributed by atoms with Crippen molar-refractivity contribution >= 4 is 16.5 Å². The van der Waals surface area contributed by atoms with Crippen molar-refractivity contribution in [2.24, 2.45) is 0 Å². The molecule has 0 aliphatic carbocycles. The van der Waals surface area contributed by atoms with Crippen molar-refractivity contribution in [1.29, 1.82) is 5.26 Å². The lowest BCUT2D eigenvalue weighted by Crippen LogP contribution is -2.47. The molecule has 0 radical (unpaired) electrons. The molecule has 116 valence electrons. The van der Waals surface area contributed by atoms with Crippen LogP contribution in [-0.4, -0.2) is 35.5 Å². The van der Waals surface area contributed by atoms with Gasteiger partial charge in [0.05, 0.1) is 6.04 Å². The third kappa shape index (κ3) is 2.97. The Balaban J connectivity index is 2.37. The number of pyridine rings is 1. The van der Waals surface area contributed by atoms with E-state index in [9.17, 15) is 18.3 Å². The number of anilines is 1. The van der Waals surface area contributed by atoms with Crippen molar-refractivity contribution in [2.75, 3.05) is 11.9 Å². The van der Waals surface area contributed by atoms with Crippen LogP contribution in [0.15, 0.2) is 30.5 Å². The van der Waals surface area contributed by atoms with E-state index in [-0.39, 0.29) is 5.69 Å². The molecule has 0 amide bonds. The fraction of sp³-hybridized carbons (Fsp3) is 0.333. The average Bonchev–Trinajstić information content (AvgIpc) is 2.50. The van der Waals surface area contributed by atoms with E-state index in [1.807, 2.05) is 6.07 Å². The van der Waals surface area contributed by atoms with Gasteiger partial charge >= 0.3 is 6.18 Å². The molecule has 1 N–H and O–H groups in total. The summed E-state index contributed by atoms with van der Waals surface area (Å²) < 4.78 is 37.8. The first-order valence-corrected chi connectivity index (χ1v) is 6.52. The Bertz CT molecular complexity index is 724. The van der Waals surface area contributed by atoms with Crippen molar-refractivity contribution in [1.82, 2.24) is 4.98 Å². The maximum absolute atomic E-state index is 12.6. The van der Waals surface area contributed by atoms with Gasteiger partial charge in [-0.05, 0) is 36.6 Å². The molecule has 0 spiro atoms. The number of benzene rings is 1. The normalized spacial score (nSPS) is 14.4. The van der Waals surface area contributed by atoms with E-state index in [1.54, 1.807) is 24.3 Å². The van der Waals surface area contributed by atoms with Gasteiger partial charge in [0.2, 0.25) is 0 Å². The Morgan fingerprint density at radius 1 is 1.32 bits per heavy atom. The van der Waals surface area contributed by atoms with Crippen LogP contribution in [-0.2, 0) is 0 Å². The van der Waals surface area contributed by atoms with Gasteiger partial charge in [-0.1, -0.05) is 0 Å². The van der Waals surface area contributed by atoms with Crippen molar-refractivity contribution in [2.45, 2.75) is 25.2 Å². The minimum atomic E-state index is -4.68. The summed E-state index contributed by atoms with van der Waals surface area (Å²) in [5, 5.41) is 19.7. The number of aliphatic hydroxyl groups is 1. The van der Waals surface area contributed by atoms with Crippen molar-refractivity contribution in [3.05, 3.63) is 36.2 Å². The first-order chi connectivity index (χ1) is 10.3. The monoisotopic (exact) mass is 309 g/mol. The molecule has 2 atom stereocenters. The molecular formula is C15H14F3N3O. The third-order valence-corrected chi connectivity index (χ3v) is 3.66. The second kappa shape index (κ2) is 5.81. The van der Waals surface area contributed by atoms with E-state index >= 15 is 0 Å². The Labute approximate surface area is 125 Å². The summed E-state index contributed by atoms with van der Waals surface area (Å²) in [6.45, 7) is 1.30. The molecule has 0 fully saturated rings. The molecule has 1 aromatic heterocycles. The summed E-state index contributed by atoms with van der Waals surface area (Å²) in [6.07, 6.45) is -5.65. The standard InChI is InChI=1S/C15H14F3N3O/c1-9(14(22)15(16,17)18)21(2)11-3-4-12-10(7-11)5-6-20-13(12)8-19/h3-7,9,14,22H,1-2H3/t9-,14?/m0/s1. The van der Waals surface area contributed by atoms with Gasteiger partial charge in [-0.25, -0.2) is 4.98 Å². The SMILES string of the molecule is C[C@@H](C(O)C(F)(F)F)N(C)c1ccc2c(C#N)nccc2c1. The zero-order chi connectivity index (χ0) is 16.5. The molecule has 4 nitrogen and oxygen atoms in total. The molecule has 1 unspecified atom stereocenters. The first-order valence-electron chi connectivity index (χ1n) is 6.52. The fourth-order valence-electron chi connectivity index (χ4n) is 2.19. The predicted octanol–water partition coefficient (Wildman–Crippen LogP) is 2.85. The number of nitrogens with zero attached hydrogens (tertiary/aromatic N) is 3. The van der Waals surface area contributed by atoms with Gasteiger partial charge in [-0.2, -0.15) is 18.4 Å². The van der Waals surface area contributed by atoms with Gasteiger partial charge in [0.15, 0.2) is 6.10 Å². The second-order valence-corrected chi connectivity index (χ2v) is 5.01. The molecule has 2 aromatic rings. The molecule has 1 aromatic carbocycles. The average molecular weight is 309 g/mol. The topological polar surface area (TPSA) is 60.1 Å². The van der Waals surface area contributed by atoms with Gasteiger partial charge in [-0.15, -0.1) is 0 Å². The van der Waals surface area contributed by atoms with Crippen LogP contribution in [0.5, 0.6) is 0 Å². The third-order valence-electron chi connectivity index (χ3n) is 3.66. The highest BCUT2D eigenvalue weighted by atomic mass is 19.4. The molecule has 0 aliphatic rings. The van der Waals surface area contributed by atoms with E-state index in [0.717, 1.165) is 0 Å². The van der Waals surface area contributed by atoms with Crippen molar-refractivity contribution in [3.63, 3.8) is 0 Å². The van der Waals surface area contributed by atoms with Crippen LogP contribution < -0.4 is 4.90 Å². The highest BCUT2D eigenvalue weighted by Crippen LogP contribution is 2.29. The minimum Gasteiger partial charge on any atom is -0.382 e. The van der Waals surface area contributed by atoms with Crippen LogP contribution in [0, 0.1) is 11.3 Å². The van der Waals surface area contributed by atoms with Gasteiger partial charge < -0.3 is 10.0 Å². The quantitative estimate of drug-likeness (QED) is 0.947. The largest absolute Gasteiger partial charge is 0.416 e. The molecule has 0 saturated carbocycles. The van der Waals surface area contributed by atoms with Crippen molar-refractivity contribution < 1.29 is 18.3 Å². The Hall–Kier alpha value is -2.33. The summed E-state index contributed by atoms with van der Waals surface area (Å²) >= 11 is 0. The Morgan fingerprint density at radius 3 is 2.59 bits per heavy atom. The number of nitriles is 1. The van der Waals surface area contributed by atoms with E-state index in [4.69, 9.17) is 5.26 Å². The molecule has 7 heteroatoms. The first kappa shape index (κ1) is 16.0. The van der Waals surface area contributed by atoms with Gasteiger partial charge in [0, 0.05) is 24.3 Å². The zero-order valence-corrected chi connectivity index (χ0v) is 12.0. The number of fused-ring (bicyclic) bond motifs is 1. The highest BCUT2D eigenvalue weighted by Gasteiger charge is 2.43. The highest BCUT2D eigenvalue weighted by molar-refractivity contribution is 5.89. The number of alkyl halides is 3. The van der Waals surface area contributed by atoms with Crippen LogP contribution in [0.25, 0.3) is 10.8 Å². The molecule has 0 saturated heterocycles. The lowest BCUT2D eigenvalue weighted by atomic mass is 10.1. The summed E-state index contributed by atoms with van der Waals surface area (Å²) in [6, 6.07) is 7.41. The molecule has 0 aliphatic heterocycles. The minimum absolute atomic E-state index is 0.259. The van der Waals surface area contributed by atoms with Gasteiger partial charge in [-0.3, -0.25) is 0 Å². The lowest BCUT2D eigenvalue weighted by Gasteiger charge is -2.31. The number of hydrogen-bond acceptors (Lipinski definition) is 4. The maximum Gasteiger partial charge on any atom is 0.416 e. The Morgan fingerprint density at radius 2 is 2.00 bits per heavy atom. The summed E-state index contributed by atoms with van der Waals surface area (Å²) in [7, 11) is 1.48. The number of hydrogen-bond donors (Lipinski definition) is 1. The van der Waals surface area contributed by atoms with E-state index in [0.29, 0.717) is 16.5 Å². The van der Waals surface area contributed by atoms with Gasteiger partial charge in [0.25, 0.3) is 0 Å². The van der Waals surface area contributed by atoms with Crippen LogP contribution in [0.2, 0.25) is 0 Å². The Kier molecular flexibility index (Phi) is 4.24. The van der Waals surface area contributed by atoms with Crippen molar-refractivity contribution in [3.8, 4) is 6.07 Å². The fourth-order valence-corrected chi connectivity index (χ4v) is 2.19. The zero-order valence-electron chi connectivity index (χ0n) is 12.0. The number of halogens is 3. The molecule has 0 bridgehead atoms. The van der Waals surface area contributed by atoms with Gasteiger partial charge in [0.1, 0.15) is 11.8 Å². The van der Waals surface area contributed by atoms with Crippen LogP contribution in [0.1, 0.15) is 12.6 Å². The smallest absolute Gasteiger partial charge is 0.382 e. The molecule has 22 heavy (non-hydrogen) atoms. The van der Waals surface area contributed by atoms with E-state index in [2.05, 4.69) is 4.98 Å². The number of aliphatic hydroxyl groups excluding tert-OH is 1. The molecule has 1 heterocycles. The maximum atomic E-state index is 12.6. The van der Waals surface area contributed by atoms with E-state index < -0.39 is 18.3 Å². The predicted molar refractivity (Wildman–Crippen MR) is 76.4 cm³/mol. The van der Waals surface area contributed by atoms with Crippen LogP contribution in [0.4, 0.5) is 18.9 Å². The second-order valence-electron chi connectivity index (χ2n) is 5.01. The number of likely N-dealkylation sites (N-methyl/N-ethyl adjacent to an activating group) is 1. The number of aromatic nitrogens is 1. The van der Waals surface area contributed by atoms with Crippen LogP contribution in [0.3, 0.4) is 0 Å². The molecule has 2 rings (SSSR count). The summed E-state index contributed by atoms with van der Waals surface area (Å²) in [5.41, 5.74) is 0.772. The van der Waals surface area contributed by atoms with Crippen LogP contribution >= 0.6 is 0 Å². The number of rotatable bonds is 3. The van der Waals surface area contributed by atoms with E-state index in [1.165, 1.54) is 25.1 Å².